The molecule has 4 aromatic heterocycles. The van der Waals surface area contributed by atoms with Crippen LogP contribution in [0.1, 0.15) is 12.5 Å². The van der Waals surface area contributed by atoms with Gasteiger partial charge in [0, 0.05) is 11.8 Å². The van der Waals surface area contributed by atoms with Crippen LogP contribution in [0.3, 0.4) is 0 Å². The van der Waals surface area contributed by atoms with Gasteiger partial charge < -0.3 is 4.74 Å². The highest BCUT2D eigenvalue weighted by Crippen LogP contribution is 2.26. The van der Waals surface area contributed by atoms with E-state index in [0.717, 1.165) is 11.3 Å². The first kappa shape index (κ1) is 19.3. The number of ether oxygens (including phenoxy) is 1. The monoisotopic (exact) mass is 423 g/mol. The van der Waals surface area contributed by atoms with E-state index in [9.17, 15) is 5.26 Å². The molecule has 0 aliphatic heterocycles. The van der Waals surface area contributed by atoms with E-state index in [1.807, 2.05) is 43.3 Å². The number of pyridine rings is 1. The Morgan fingerprint density at radius 3 is 2.91 bits per heavy atom. The summed E-state index contributed by atoms with van der Waals surface area (Å²) in [5.74, 6) is 0.715. The van der Waals surface area contributed by atoms with Gasteiger partial charge in [-0.3, -0.25) is 4.98 Å². The van der Waals surface area contributed by atoms with Crippen LogP contribution < -0.4 is 4.74 Å². The van der Waals surface area contributed by atoms with Crippen LogP contribution in [0.2, 0.25) is 0 Å². The first-order valence-electron chi connectivity index (χ1n) is 9.89. The molecule has 1 unspecified atom stereocenters. The molecule has 0 bridgehead atoms. The van der Waals surface area contributed by atoms with Gasteiger partial charge in [0.1, 0.15) is 35.6 Å². The largest absolute Gasteiger partial charge is 0.489 e. The number of nitrogens with zero attached hydrogens (tertiary/aromatic N) is 9. The third-order valence-electron chi connectivity index (χ3n) is 4.84. The van der Waals surface area contributed by atoms with Gasteiger partial charge in [-0.2, -0.15) is 10.4 Å². The molecule has 156 valence electrons. The fourth-order valence-corrected chi connectivity index (χ4v) is 3.41. The fourth-order valence-electron chi connectivity index (χ4n) is 3.41. The molecule has 32 heavy (non-hydrogen) atoms. The molecule has 10 nitrogen and oxygen atoms in total. The second-order valence-electron chi connectivity index (χ2n) is 7.13. The minimum atomic E-state index is -0.127. The molecular weight excluding hydrogens is 406 g/mol. The number of hydrogen-bond donors (Lipinski definition) is 0. The number of imidazole rings is 1. The first-order valence-corrected chi connectivity index (χ1v) is 9.89. The third kappa shape index (κ3) is 3.75. The highest BCUT2D eigenvalue weighted by molar-refractivity contribution is 5.68. The molecule has 0 radical (unpaired) electrons. The maximum atomic E-state index is 9.44. The Kier molecular flexibility index (Phi) is 4.97. The Hall–Kier alpha value is -4.65. The minimum Gasteiger partial charge on any atom is -0.489 e. The van der Waals surface area contributed by atoms with Crippen molar-refractivity contribution >= 4 is 5.65 Å². The molecule has 10 heteroatoms. The molecule has 5 aromatic rings. The molecule has 0 aliphatic rings. The standard InChI is InChI=1S/C22H17N9O/c1-15(13-30-14-26-28-29-30)32-18-6-2-4-16(10-18)19-7-8-21-25-12-20(31(21)27-19)22-17(11-23)5-3-9-24-22/h2-10,12,14-15H,13H2,1H3. The highest BCUT2D eigenvalue weighted by Gasteiger charge is 2.14. The molecule has 5 rings (SSSR count). The lowest BCUT2D eigenvalue weighted by atomic mass is 10.1. The zero-order valence-corrected chi connectivity index (χ0v) is 17.1. The van der Waals surface area contributed by atoms with Crippen molar-refractivity contribution in [2.24, 2.45) is 0 Å². The van der Waals surface area contributed by atoms with Crippen molar-refractivity contribution < 1.29 is 4.74 Å². The van der Waals surface area contributed by atoms with E-state index in [-0.39, 0.29) is 6.10 Å². The van der Waals surface area contributed by atoms with Gasteiger partial charge in [0.15, 0.2) is 5.65 Å². The number of rotatable bonds is 6. The number of nitriles is 1. The van der Waals surface area contributed by atoms with Gasteiger partial charge in [-0.25, -0.2) is 14.2 Å². The van der Waals surface area contributed by atoms with Gasteiger partial charge in [0.05, 0.1) is 24.0 Å². The van der Waals surface area contributed by atoms with Gasteiger partial charge in [-0.1, -0.05) is 12.1 Å². The van der Waals surface area contributed by atoms with Gasteiger partial charge in [0.2, 0.25) is 0 Å². The summed E-state index contributed by atoms with van der Waals surface area (Å²) in [6, 6.07) is 17.1. The van der Waals surface area contributed by atoms with Crippen LogP contribution in [-0.2, 0) is 6.54 Å². The molecule has 4 heterocycles. The van der Waals surface area contributed by atoms with Crippen molar-refractivity contribution in [2.75, 3.05) is 0 Å². The van der Waals surface area contributed by atoms with Crippen LogP contribution in [0.25, 0.3) is 28.3 Å². The van der Waals surface area contributed by atoms with E-state index in [4.69, 9.17) is 9.84 Å². The fraction of sp³-hybridized carbons (Fsp3) is 0.136. The Morgan fingerprint density at radius 2 is 2.06 bits per heavy atom. The Morgan fingerprint density at radius 1 is 1.12 bits per heavy atom. The van der Waals surface area contributed by atoms with E-state index >= 15 is 0 Å². The Bertz CT molecular complexity index is 1420. The lowest BCUT2D eigenvalue weighted by molar-refractivity contribution is 0.193. The lowest BCUT2D eigenvalue weighted by Crippen LogP contribution is -2.20. The lowest BCUT2D eigenvalue weighted by Gasteiger charge is -2.15. The number of aromatic nitrogens is 8. The molecule has 1 atom stereocenters. The molecule has 0 amide bonds. The Labute approximate surface area is 182 Å². The maximum Gasteiger partial charge on any atom is 0.154 e. The number of tetrazole rings is 1. The van der Waals surface area contributed by atoms with Gasteiger partial charge >= 0.3 is 0 Å². The smallest absolute Gasteiger partial charge is 0.154 e. The van der Waals surface area contributed by atoms with E-state index in [1.165, 1.54) is 0 Å². The summed E-state index contributed by atoms with van der Waals surface area (Å²) in [5.41, 5.74) is 3.96. The van der Waals surface area contributed by atoms with Crippen LogP contribution in [0.4, 0.5) is 0 Å². The summed E-state index contributed by atoms with van der Waals surface area (Å²) in [7, 11) is 0. The van der Waals surface area contributed by atoms with Crippen LogP contribution in [-0.4, -0.2) is 45.9 Å². The van der Waals surface area contributed by atoms with Crippen molar-refractivity contribution in [1.29, 1.82) is 5.26 Å². The molecule has 0 N–H and O–H groups in total. The summed E-state index contributed by atoms with van der Waals surface area (Å²) in [6.45, 7) is 2.49. The van der Waals surface area contributed by atoms with E-state index in [1.54, 1.807) is 40.1 Å². The molecule has 0 fully saturated rings. The average Bonchev–Trinajstić information content (AvgIpc) is 3.48. The molecule has 0 saturated heterocycles. The van der Waals surface area contributed by atoms with E-state index in [0.29, 0.717) is 34.9 Å². The second-order valence-corrected chi connectivity index (χ2v) is 7.13. The van der Waals surface area contributed by atoms with Crippen LogP contribution in [0, 0.1) is 11.3 Å². The van der Waals surface area contributed by atoms with Crippen molar-refractivity contribution in [3.8, 4) is 34.5 Å². The van der Waals surface area contributed by atoms with Crippen molar-refractivity contribution in [2.45, 2.75) is 19.6 Å². The summed E-state index contributed by atoms with van der Waals surface area (Å²) >= 11 is 0. The Balaban J connectivity index is 1.46. The van der Waals surface area contributed by atoms with Crippen LogP contribution in [0.5, 0.6) is 5.75 Å². The highest BCUT2D eigenvalue weighted by atomic mass is 16.5. The van der Waals surface area contributed by atoms with E-state index in [2.05, 4.69) is 31.6 Å². The van der Waals surface area contributed by atoms with E-state index < -0.39 is 0 Å². The summed E-state index contributed by atoms with van der Waals surface area (Å²) in [6.07, 6.45) is 4.75. The summed E-state index contributed by atoms with van der Waals surface area (Å²) in [5, 5.41) is 25.3. The van der Waals surface area contributed by atoms with Gasteiger partial charge in [-0.15, -0.1) is 5.10 Å². The zero-order chi connectivity index (χ0) is 21.9. The SMILES string of the molecule is CC(Cn1cnnn1)Oc1cccc(-c2ccc3ncc(-c4ncccc4C#N)n3n2)c1. The molecular formula is C22H17N9O. The van der Waals surface area contributed by atoms with Crippen molar-refractivity contribution in [3.63, 3.8) is 0 Å². The number of hydrogen-bond acceptors (Lipinski definition) is 8. The van der Waals surface area contributed by atoms with Crippen LogP contribution in [0.15, 0.2) is 67.3 Å². The van der Waals surface area contributed by atoms with Crippen LogP contribution >= 0.6 is 0 Å². The van der Waals surface area contributed by atoms with Crippen molar-refractivity contribution in [3.05, 3.63) is 72.8 Å². The average molecular weight is 423 g/mol. The molecule has 0 spiro atoms. The zero-order valence-electron chi connectivity index (χ0n) is 17.1. The van der Waals surface area contributed by atoms with Crippen molar-refractivity contribution in [1.82, 2.24) is 39.8 Å². The topological polar surface area (TPSA) is 120 Å². The first-order chi connectivity index (χ1) is 15.7. The predicted octanol–water partition coefficient (Wildman–Crippen LogP) is 2.78. The predicted molar refractivity (Wildman–Crippen MR) is 114 cm³/mol. The number of benzene rings is 1. The maximum absolute atomic E-state index is 9.44. The molecule has 0 saturated carbocycles. The summed E-state index contributed by atoms with van der Waals surface area (Å²) < 4.78 is 9.36. The minimum absolute atomic E-state index is 0.127. The number of fused-ring (bicyclic) bond motifs is 1. The normalized spacial score (nSPS) is 11.9. The second kappa shape index (κ2) is 8.23. The molecule has 1 aromatic carbocycles. The summed E-state index contributed by atoms with van der Waals surface area (Å²) in [4.78, 5) is 8.77. The molecule has 0 aliphatic carbocycles. The third-order valence-corrected chi connectivity index (χ3v) is 4.84. The van der Waals surface area contributed by atoms with Gasteiger partial charge in [-0.05, 0) is 53.7 Å². The quantitative estimate of drug-likeness (QED) is 0.409. The van der Waals surface area contributed by atoms with Gasteiger partial charge in [0.25, 0.3) is 0 Å².